The molecule has 0 bridgehead atoms. The van der Waals surface area contributed by atoms with E-state index >= 15 is 0 Å². The van der Waals surface area contributed by atoms with E-state index in [2.05, 4.69) is 15.5 Å². The fraction of sp³-hybridized carbons (Fsp3) is 0.300. The zero-order valence-electron chi connectivity index (χ0n) is 15.8. The number of benzene rings is 1. The van der Waals surface area contributed by atoms with E-state index in [1.54, 1.807) is 12.3 Å². The second-order valence-electron chi connectivity index (χ2n) is 6.34. The molecule has 0 aliphatic carbocycles. The highest BCUT2D eigenvalue weighted by Crippen LogP contribution is 2.23. The lowest BCUT2D eigenvalue weighted by molar-refractivity contribution is -0.118. The van der Waals surface area contributed by atoms with E-state index in [-0.39, 0.29) is 17.4 Å². The van der Waals surface area contributed by atoms with Crippen LogP contribution < -0.4 is 5.32 Å². The molecule has 0 saturated heterocycles. The highest BCUT2D eigenvalue weighted by molar-refractivity contribution is 7.99. The Bertz CT molecular complexity index is 933. The largest absolute Gasteiger partial charge is 0.461 e. The Labute approximate surface area is 167 Å². The molecule has 0 unspecified atom stereocenters. The summed E-state index contributed by atoms with van der Waals surface area (Å²) < 4.78 is 7.16. The van der Waals surface area contributed by atoms with Crippen LogP contribution in [0.5, 0.6) is 0 Å². The number of nitrogens with one attached hydrogen (secondary N) is 1. The average Bonchev–Trinajstić information content (AvgIpc) is 3.33. The number of amides is 1. The molecular formula is C20H22N4O3S. The highest BCUT2D eigenvalue weighted by atomic mass is 32.2. The van der Waals surface area contributed by atoms with Gasteiger partial charge in [0.15, 0.2) is 22.5 Å². The van der Waals surface area contributed by atoms with Crippen molar-refractivity contribution in [1.29, 1.82) is 0 Å². The van der Waals surface area contributed by atoms with E-state index in [0.29, 0.717) is 28.8 Å². The van der Waals surface area contributed by atoms with E-state index in [0.717, 1.165) is 18.4 Å². The standard InChI is InChI=1S/C20H22N4O3S/c1-14(25)21-11-3-5-15-7-9-16(10-8-15)17(26)13-28-20-23-22-19(24(20)2)18-6-4-12-27-18/h4,6-10,12H,3,5,11,13H2,1-2H3,(H,21,25). The molecule has 0 saturated carbocycles. The number of furan rings is 1. The topological polar surface area (TPSA) is 90.0 Å². The second-order valence-corrected chi connectivity index (χ2v) is 7.28. The van der Waals surface area contributed by atoms with Gasteiger partial charge in [-0.25, -0.2) is 0 Å². The number of Topliss-reactive ketones (excluding diaryl/α,β-unsaturated/α-hetero) is 1. The van der Waals surface area contributed by atoms with E-state index < -0.39 is 0 Å². The van der Waals surface area contributed by atoms with Crippen LogP contribution in [0.3, 0.4) is 0 Å². The van der Waals surface area contributed by atoms with Crippen LogP contribution in [0.25, 0.3) is 11.6 Å². The van der Waals surface area contributed by atoms with Crippen molar-refractivity contribution in [3.8, 4) is 11.6 Å². The molecule has 1 amide bonds. The van der Waals surface area contributed by atoms with Gasteiger partial charge in [-0.1, -0.05) is 36.0 Å². The SMILES string of the molecule is CC(=O)NCCCc1ccc(C(=O)CSc2nnc(-c3ccco3)n2C)cc1. The number of nitrogens with zero attached hydrogens (tertiary/aromatic N) is 3. The molecule has 0 spiro atoms. The number of aryl methyl sites for hydroxylation is 1. The Hall–Kier alpha value is -2.87. The van der Waals surface area contributed by atoms with Gasteiger partial charge in [0.05, 0.1) is 12.0 Å². The predicted octanol–water partition coefficient (Wildman–Crippen LogP) is 3.12. The van der Waals surface area contributed by atoms with Gasteiger partial charge in [0.1, 0.15) is 0 Å². The molecule has 2 aromatic heterocycles. The summed E-state index contributed by atoms with van der Waals surface area (Å²) in [4.78, 5) is 23.3. The van der Waals surface area contributed by atoms with Crippen molar-refractivity contribution in [2.45, 2.75) is 24.9 Å². The van der Waals surface area contributed by atoms with Gasteiger partial charge in [-0.2, -0.15) is 0 Å². The average molecular weight is 398 g/mol. The van der Waals surface area contributed by atoms with Crippen molar-refractivity contribution in [3.63, 3.8) is 0 Å². The third-order valence-electron chi connectivity index (χ3n) is 4.20. The van der Waals surface area contributed by atoms with Crippen LogP contribution in [-0.2, 0) is 18.3 Å². The summed E-state index contributed by atoms with van der Waals surface area (Å²) in [5.74, 6) is 1.58. The summed E-state index contributed by atoms with van der Waals surface area (Å²) in [5.41, 5.74) is 1.82. The summed E-state index contributed by atoms with van der Waals surface area (Å²) in [7, 11) is 1.85. The van der Waals surface area contributed by atoms with Gasteiger partial charge in [-0.3, -0.25) is 9.59 Å². The minimum Gasteiger partial charge on any atom is -0.461 e. The molecule has 0 fully saturated rings. The number of ketones is 1. The van der Waals surface area contributed by atoms with Crippen LogP contribution in [0.2, 0.25) is 0 Å². The van der Waals surface area contributed by atoms with Crippen LogP contribution in [0.1, 0.15) is 29.3 Å². The smallest absolute Gasteiger partial charge is 0.216 e. The van der Waals surface area contributed by atoms with Gasteiger partial charge < -0.3 is 14.3 Å². The third kappa shape index (κ3) is 5.10. The zero-order valence-corrected chi connectivity index (χ0v) is 16.7. The maximum atomic E-state index is 12.5. The van der Waals surface area contributed by atoms with Crippen LogP contribution in [-0.4, -0.2) is 38.8 Å². The number of rotatable bonds is 9. The van der Waals surface area contributed by atoms with Gasteiger partial charge in [-0.05, 0) is 30.5 Å². The lowest BCUT2D eigenvalue weighted by Gasteiger charge is -2.05. The molecule has 7 nitrogen and oxygen atoms in total. The van der Waals surface area contributed by atoms with Gasteiger partial charge in [0.2, 0.25) is 5.91 Å². The molecule has 8 heteroatoms. The van der Waals surface area contributed by atoms with Crippen molar-refractivity contribution >= 4 is 23.5 Å². The summed E-state index contributed by atoms with van der Waals surface area (Å²) >= 11 is 1.35. The van der Waals surface area contributed by atoms with E-state index in [4.69, 9.17) is 4.42 Å². The number of aromatic nitrogens is 3. The molecule has 0 radical (unpaired) electrons. The molecule has 28 heavy (non-hydrogen) atoms. The van der Waals surface area contributed by atoms with Crippen LogP contribution in [0, 0.1) is 0 Å². The monoisotopic (exact) mass is 398 g/mol. The first kappa shape index (κ1) is 19.9. The summed E-state index contributed by atoms with van der Waals surface area (Å²) in [6.07, 6.45) is 3.31. The Balaban J connectivity index is 1.52. The lowest BCUT2D eigenvalue weighted by Crippen LogP contribution is -2.21. The van der Waals surface area contributed by atoms with E-state index in [1.807, 2.05) is 41.9 Å². The predicted molar refractivity (Wildman–Crippen MR) is 107 cm³/mol. The van der Waals surface area contributed by atoms with Crippen molar-refractivity contribution in [3.05, 3.63) is 53.8 Å². The first-order valence-corrected chi connectivity index (χ1v) is 9.96. The number of hydrogen-bond donors (Lipinski definition) is 1. The normalized spacial score (nSPS) is 10.8. The fourth-order valence-corrected chi connectivity index (χ4v) is 3.49. The van der Waals surface area contributed by atoms with Gasteiger partial charge in [0, 0.05) is 26.1 Å². The summed E-state index contributed by atoms with van der Waals surface area (Å²) in [6.45, 7) is 2.17. The minimum absolute atomic E-state index is 0.0161. The number of carbonyl (C=O) groups excluding carboxylic acids is 2. The van der Waals surface area contributed by atoms with Crippen LogP contribution in [0.4, 0.5) is 0 Å². The molecule has 2 heterocycles. The maximum Gasteiger partial charge on any atom is 0.216 e. The summed E-state index contributed by atoms with van der Waals surface area (Å²) in [5, 5.41) is 11.7. The molecule has 146 valence electrons. The molecule has 3 aromatic rings. The maximum absolute atomic E-state index is 12.5. The molecule has 0 aliphatic heterocycles. The van der Waals surface area contributed by atoms with Crippen molar-refractivity contribution in [2.75, 3.05) is 12.3 Å². The van der Waals surface area contributed by atoms with Crippen molar-refractivity contribution < 1.29 is 14.0 Å². The van der Waals surface area contributed by atoms with E-state index in [9.17, 15) is 9.59 Å². The van der Waals surface area contributed by atoms with Gasteiger partial charge >= 0.3 is 0 Å². The fourth-order valence-electron chi connectivity index (χ4n) is 2.69. The Kier molecular flexibility index (Phi) is 6.65. The Morgan fingerprint density at radius 1 is 1.18 bits per heavy atom. The minimum atomic E-state index is -0.0161. The van der Waals surface area contributed by atoms with Crippen LogP contribution in [0.15, 0.2) is 52.2 Å². The third-order valence-corrected chi connectivity index (χ3v) is 5.22. The number of hydrogen-bond acceptors (Lipinski definition) is 6. The van der Waals surface area contributed by atoms with Gasteiger partial charge in [-0.15, -0.1) is 10.2 Å². The molecule has 3 rings (SSSR count). The first-order chi connectivity index (χ1) is 13.5. The zero-order chi connectivity index (χ0) is 19.9. The molecular weight excluding hydrogens is 376 g/mol. The molecule has 0 atom stereocenters. The Morgan fingerprint density at radius 3 is 2.64 bits per heavy atom. The second kappa shape index (κ2) is 9.36. The number of thioether (sulfide) groups is 1. The van der Waals surface area contributed by atoms with Crippen molar-refractivity contribution in [1.82, 2.24) is 20.1 Å². The van der Waals surface area contributed by atoms with Crippen molar-refractivity contribution in [2.24, 2.45) is 7.05 Å². The quantitative estimate of drug-likeness (QED) is 0.338. The molecule has 1 aromatic carbocycles. The Morgan fingerprint density at radius 2 is 1.96 bits per heavy atom. The lowest BCUT2D eigenvalue weighted by atomic mass is 10.1. The first-order valence-electron chi connectivity index (χ1n) is 8.97. The van der Waals surface area contributed by atoms with Gasteiger partial charge in [0.25, 0.3) is 0 Å². The molecule has 0 aliphatic rings. The highest BCUT2D eigenvalue weighted by Gasteiger charge is 2.15. The van der Waals surface area contributed by atoms with Crippen LogP contribution >= 0.6 is 11.8 Å². The molecule has 1 N–H and O–H groups in total. The van der Waals surface area contributed by atoms with E-state index in [1.165, 1.54) is 18.7 Å². The summed E-state index contributed by atoms with van der Waals surface area (Å²) in [6, 6.07) is 11.2. The number of carbonyl (C=O) groups is 2.